The van der Waals surface area contributed by atoms with Crippen LogP contribution in [0.25, 0.3) is 5.70 Å². The smallest absolute Gasteiger partial charge is 0.0634 e. The van der Waals surface area contributed by atoms with Gasteiger partial charge in [0.05, 0.1) is 25.5 Å². The fourth-order valence-corrected chi connectivity index (χ4v) is 4.38. The highest BCUT2D eigenvalue weighted by molar-refractivity contribution is 6.31. The van der Waals surface area contributed by atoms with Crippen LogP contribution in [0, 0.1) is 0 Å². The van der Waals surface area contributed by atoms with Gasteiger partial charge < -0.3 is 19.9 Å². The molecule has 2 aliphatic heterocycles. The van der Waals surface area contributed by atoms with Crippen molar-refractivity contribution in [2.45, 2.75) is 19.6 Å². The molecular formula is C25H27ClN4O. The van der Waals surface area contributed by atoms with Gasteiger partial charge in [0.1, 0.15) is 0 Å². The molecule has 0 aliphatic carbocycles. The van der Waals surface area contributed by atoms with Gasteiger partial charge in [0, 0.05) is 60.5 Å². The second-order valence-corrected chi connectivity index (χ2v) is 8.45. The van der Waals surface area contributed by atoms with Gasteiger partial charge in [-0.3, -0.25) is 4.90 Å². The van der Waals surface area contributed by atoms with Gasteiger partial charge in [0.25, 0.3) is 0 Å². The Morgan fingerprint density at radius 1 is 1.00 bits per heavy atom. The summed E-state index contributed by atoms with van der Waals surface area (Å²) in [6.45, 7) is 6.16. The summed E-state index contributed by atoms with van der Waals surface area (Å²) in [5.41, 5.74) is 7.13. The van der Waals surface area contributed by atoms with Gasteiger partial charge in [-0.2, -0.15) is 0 Å². The van der Waals surface area contributed by atoms with Crippen molar-refractivity contribution >= 4 is 23.0 Å². The highest BCUT2D eigenvalue weighted by Crippen LogP contribution is 2.29. The van der Waals surface area contributed by atoms with Crippen LogP contribution in [0.4, 0.5) is 5.69 Å². The molecule has 1 fully saturated rings. The fraction of sp³-hybridized carbons (Fsp3) is 0.280. The number of rotatable bonds is 6. The zero-order valence-corrected chi connectivity index (χ0v) is 18.2. The number of aromatic nitrogens is 1. The summed E-state index contributed by atoms with van der Waals surface area (Å²) in [6, 6.07) is 19.0. The molecule has 3 heterocycles. The Labute approximate surface area is 188 Å². The molecule has 5 nitrogen and oxygen atoms in total. The lowest BCUT2D eigenvalue weighted by atomic mass is 10.1. The van der Waals surface area contributed by atoms with Crippen LogP contribution in [-0.4, -0.2) is 36.2 Å². The molecule has 0 unspecified atom stereocenters. The predicted octanol–water partition coefficient (Wildman–Crippen LogP) is 4.61. The van der Waals surface area contributed by atoms with Crippen LogP contribution in [0.2, 0.25) is 5.02 Å². The van der Waals surface area contributed by atoms with Crippen molar-refractivity contribution in [1.82, 2.24) is 15.2 Å². The van der Waals surface area contributed by atoms with E-state index >= 15 is 0 Å². The first-order valence-corrected chi connectivity index (χ1v) is 11.2. The summed E-state index contributed by atoms with van der Waals surface area (Å²) in [5, 5.41) is 4.37. The normalized spacial score (nSPS) is 16.7. The van der Waals surface area contributed by atoms with E-state index in [1.165, 1.54) is 22.5 Å². The van der Waals surface area contributed by atoms with Crippen LogP contribution < -0.4 is 10.2 Å². The molecule has 2 aliphatic rings. The van der Waals surface area contributed by atoms with Crippen LogP contribution >= 0.6 is 11.6 Å². The number of halogens is 1. The van der Waals surface area contributed by atoms with E-state index in [1.807, 2.05) is 24.4 Å². The third-order valence-corrected chi connectivity index (χ3v) is 6.31. The van der Waals surface area contributed by atoms with Crippen LogP contribution in [0.15, 0.2) is 67.0 Å². The van der Waals surface area contributed by atoms with Crippen molar-refractivity contribution in [3.8, 4) is 0 Å². The molecule has 1 aromatic heterocycles. The van der Waals surface area contributed by atoms with Crippen molar-refractivity contribution in [1.29, 1.82) is 0 Å². The molecule has 31 heavy (non-hydrogen) atoms. The average molecular weight is 435 g/mol. The van der Waals surface area contributed by atoms with Crippen molar-refractivity contribution in [3.63, 3.8) is 0 Å². The van der Waals surface area contributed by atoms with E-state index in [4.69, 9.17) is 16.3 Å². The summed E-state index contributed by atoms with van der Waals surface area (Å²) < 4.78 is 5.45. The van der Waals surface area contributed by atoms with Crippen molar-refractivity contribution < 1.29 is 4.74 Å². The second kappa shape index (κ2) is 9.18. The number of aromatic amines is 1. The van der Waals surface area contributed by atoms with Crippen LogP contribution in [0.1, 0.15) is 22.4 Å². The minimum Gasteiger partial charge on any atom is -0.379 e. The summed E-state index contributed by atoms with van der Waals surface area (Å²) >= 11 is 6.34. The number of ether oxygens (including phenoxy) is 1. The number of fused-ring (bicyclic) bond motifs is 1. The number of nitrogens with zero attached hydrogens (tertiary/aromatic N) is 2. The molecule has 0 spiro atoms. The largest absolute Gasteiger partial charge is 0.379 e. The molecule has 160 valence electrons. The molecular weight excluding hydrogens is 408 g/mol. The predicted molar refractivity (Wildman–Crippen MR) is 126 cm³/mol. The Bertz CT molecular complexity index is 1050. The number of hydrogen-bond donors (Lipinski definition) is 2. The van der Waals surface area contributed by atoms with E-state index in [-0.39, 0.29) is 0 Å². The van der Waals surface area contributed by atoms with E-state index < -0.39 is 0 Å². The van der Waals surface area contributed by atoms with E-state index in [1.54, 1.807) is 0 Å². The lowest BCUT2D eigenvalue weighted by Gasteiger charge is -2.29. The maximum atomic E-state index is 6.34. The van der Waals surface area contributed by atoms with Gasteiger partial charge in [0.2, 0.25) is 0 Å². The number of benzene rings is 2. The first kappa shape index (κ1) is 20.2. The van der Waals surface area contributed by atoms with E-state index in [0.717, 1.165) is 55.7 Å². The summed E-state index contributed by atoms with van der Waals surface area (Å²) in [5.74, 6) is 0. The van der Waals surface area contributed by atoms with Gasteiger partial charge in [-0.1, -0.05) is 41.9 Å². The molecule has 0 bridgehead atoms. The second-order valence-electron chi connectivity index (χ2n) is 8.04. The highest BCUT2D eigenvalue weighted by Gasteiger charge is 2.20. The standard InChI is InChI=1S/C25H27ClN4O/c26-23-4-2-1-3-20(23)15-28-25-18-30(17-24-22(25)9-10-27-24)21-7-5-19(6-8-21)16-29-11-13-31-14-12-29/h1-10,18,27-28H,11-17H2. The Morgan fingerprint density at radius 3 is 2.61 bits per heavy atom. The molecule has 0 atom stereocenters. The maximum absolute atomic E-state index is 6.34. The van der Waals surface area contributed by atoms with Crippen molar-refractivity contribution in [3.05, 3.63) is 94.4 Å². The minimum absolute atomic E-state index is 0.683. The zero-order valence-electron chi connectivity index (χ0n) is 17.5. The molecule has 0 radical (unpaired) electrons. The molecule has 0 amide bonds. The third-order valence-electron chi connectivity index (χ3n) is 5.94. The number of H-pyrrole nitrogens is 1. The number of hydrogen-bond acceptors (Lipinski definition) is 4. The first-order chi connectivity index (χ1) is 15.3. The van der Waals surface area contributed by atoms with Gasteiger partial charge in [-0.05, 0) is 35.4 Å². The molecule has 0 saturated carbocycles. The van der Waals surface area contributed by atoms with Crippen molar-refractivity contribution in [2.75, 3.05) is 31.2 Å². The highest BCUT2D eigenvalue weighted by atomic mass is 35.5. The minimum atomic E-state index is 0.683. The van der Waals surface area contributed by atoms with E-state index in [2.05, 4.69) is 62.7 Å². The number of anilines is 1. The molecule has 1 saturated heterocycles. The van der Waals surface area contributed by atoms with Gasteiger partial charge in [-0.25, -0.2) is 0 Å². The van der Waals surface area contributed by atoms with Gasteiger partial charge in [-0.15, -0.1) is 0 Å². The summed E-state index contributed by atoms with van der Waals surface area (Å²) in [6.07, 6.45) is 4.20. The topological polar surface area (TPSA) is 43.5 Å². The third kappa shape index (κ3) is 4.64. The van der Waals surface area contributed by atoms with E-state index in [0.29, 0.717) is 6.54 Å². The molecule has 6 heteroatoms. The quantitative estimate of drug-likeness (QED) is 0.594. The lowest BCUT2D eigenvalue weighted by Crippen LogP contribution is -2.35. The first-order valence-electron chi connectivity index (χ1n) is 10.8. The van der Waals surface area contributed by atoms with Crippen LogP contribution in [0.5, 0.6) is 0 Å². The van der Waals surface area contributed by atoms with E-state index in [9.17, 15) is 0 Å². The zero-order chi connectivity index (χ0) is 21.0. The number of nitrogens with one attached hydrogen (secondary N) is 2. The van der Waals surface area contributed by atoms with Crippen LogP contribution in [0.3, 0.4) is 0 Å². The van der Waals surface area contributed by atoms with Crippen LogP contribution in [-0.2, 0) is 24.4 Å². The SMILES string of the molecule is Clc1ccccc1CNC1=CN(c2ccc(CN3CCOCC3)cc2)Cc2[nH]ccc21. The molecule has 5 rings (SSSR count). The Balaban J connectivity index is 1.31. The Kier molecular flexibility index (Phi) is 5.98. The molecule has 2 aromatic carbocycles. The summed E-state index contributed by atoms with van der Waals surface area (Å²) in [7, 11) is 0. The molecule has 3 aromatic rings. The monoisotopic (exact) mass is 434 g/mol. The number of morpholine rings is 1. The van der Waals surface area contributed by atoms with Gasteiger partial charge >= 0.3 is 0 Å². The fourth-order valence-electron chi connectivity index (χ4n) is 4.18. The van der Waals surface area contributed by atoms with Gasteiger partial charge in [0.15, 0.2) is 0 Å². The Hall–Kier alpha value is -2.73. The molecule has 2 N–H and O–H groups in total. The summed E-state index contributed by atoms with van der Waals surface area (Å²) in [4.78, 5) is 8.13. The maximum Gasteiger partial charge on any atom is 0.0634 e. The lowest BCUT2D eigenvalue weighted by molar-refractivity contribution is 0.0342. The van der Waals surface area contributed by atoms with Crippen molar-refractivity contribution in [2.24, 2.45) is 0 Å². The average Bonchev–Trinajstić information content (AvgIpc) is 3.28. The Morgan fingerprint density at radius 2 is 1.81 bits per heavy atom.